The molecular formula is C12H21N3O4S. The first-order valence-electron chi connectivity index (χ1n) is 6.53. The number of carbonyl (C=O) groups is 3. The number of hydrogen-bond acceptors (Lipinski definition) is 5. The van der Waals surface area contributed by atoms with Crippen molar-refractivity contribution in [2.75, 3.05) is 25.1 Å². The van der Waals surface area contributed by atoms with Gasteiger partial charge in [-0.05, 0) is 31.3 Å². The molecule has 0 aromatic heterocycles. The third-order valence-corrected chi connectivity index (χ3v) is 3.92. The summed E-state index contributed by atoms with van der Waals surface area (Å²) in [5, 5.41) is 11.6. The quantitative estimate of drug-likeness (QED) is 0.571. The SMILES string of the molecule is CSCC[C@@H](NC(=O)[C@@H]1CCCN1C(=O)CN)C(=O)O. The number of amides is 2. The molecule has 114 valence electrons. The van der Waals surface area contributed by atoms with E-state index in [0.29, 0.717) is 25.1 Å². The fraction of sp³-hybridized carbons (Fsp3) is 0.750. The zero-order valence-corrected chi connectivity index (χ0v) is 12.3. The van der Waals surface area contributed by atoms with Gasteiger partial charge in [-0.3, -0.25) is 9.59 Å². The Labute approximate surface area is 122 Å². The molecule has 1 aliphatic rings. The summed E-state index contributed by atoms with van der Waals surface area (Å²) in [7, 11) is 0. The van der Waals surface area contributed by atoms with Crippen LogP contribution in [0, 0.1) is 0 Å². The maximum atomic E-state index is 12.1. The molecule has 1 fully saturated rings. The van der Waals surface area contributed by atoms with Crippen LogP contribution in [-0.4, -0.2) is 65.0 Å². The second kappa shape index (κ2) is 8.11. The van der Waals surface area contributed by atoms with E-state index in [2.05, 4.69) is 5.32 Å². The van der Waals surface area contributed by atoms with Crippen molar-refractivity contribution in [3.63, 3.8) is 0 Å². The number of rotatable bonds is 7. The van der Waals surface area contributed by atoms with Gasteiger partial charge in [0.25, 0.3) is 0 Å². The highest BCUT2D eigenvalue weighted by molar-refractivity contribution is 7.98. The van der Waals surface area contributed by atoms with E-state index in [4.69, 9.17) is 10.8 Å². The molecule has 2 amide bonds. The first-order chi connectivity index (χ1) is 9.51. The number of likely N-dealkylation sites (tertiary alicyclic amines) is 1. The molecule has 7 nitrogen and oxygen atoms in total. The van der Waals surface area contributed by atoms with E-state index >= 15 is 0 Å². The molecule has 0 bridgehead atoms. The maximum absolute atomic E-state index is 12.1. The van der Waals surface area contributed by atoms with Crippen LogP contribution in [0.4, 0.5) is 0 Å². The van der Waals surface area contributed by atoms with Crippen LogP contribution in [0.1, 0.15) is 19.3 Å². The van der Waals surface area contributed by atoms with E-state index in [0.717, 1.165) is 6.42 Å². The van der Waals surface area contributed by atoms with Crippen molar-refractivity contribution in [1.29, 1.82) is 0 Å². The zero-order chi connectivity index (χ0) is 15.1. The number of nitrogens with one attached hydrogen (secondary N) is 1. The van der Waals surface area contributed by atoms with Gasteiger partial charge in [-0.2, -0.15) is 11.8 Å². The Morgan fingerprint density at radius 1 is 1.50 bits per heavy atom. The van der Waals surface area contributed by atoms with Crippen molar-refractivity contribution in [2.24, 2.45) is 5.73 Å². The molecule has 0 aromatic carbocycles. The van der Waals surface area contributed by atoms with E-state index < -0.39 is 24.0 Å². The molecule has 1 heterocycles. The van der Waals surface area contributed by atoms with E-state index in [1.807, 2.05) is 6.26 Å². The molecule has 0 spiro atoms. The van der Waals surface area contributed by atoms with Crippen LogP contribution in [-0.2, 0) is 14.4 Å². The first kappa shape index (κ1) is 16.8. The molecule has 0 aliphatic carbocycles. The van der Waals surface area contributed by atoms with Crippen LogP contribution < -0.4 is 11.1 Å². The Kier molecular flexibility index (Phi) is 6.80. The molecule has 4 N–H and O–H groups in total. The molecule has 0 saturated carbocycles. The lowest BCUT2D eigenvalue weighted by molar-refractivity contribution is -0.143. The van der Waals surface area contributed by atoms with E-state index in [1.165, 1.54) is 16.7 Å². The summed E-state index contributed by atoms with van der Waals surface area (Å²) >= 11 is 1.52. The summed E-state index contributed by atoms with van der Waals surface area (Å²) in [5.74, 6) is -1.09. The lowest BCUT2D eigenvalue weighted by Crippen LogP contribution is -2.52. The summed E-state index contributed by atoms with van der Waals surface area (Å²) in [4.78, 5) is 36.3. The Hall–Kier alpha value is -1.28. The summed E-state index contributed by atoms with van der Waals surface area (Å²) in [6, 6.07) is -1.51. The summed E-state index contributed by atoms with van der Waals surface area (Å²) in [6.07, 6.45) is 3.51. The van der Waals surface area contributed by atoms with Gasteiger partial charge >= 0.3 is 5.97 Å². The van der Waals surface area contributed by atoms with Crippen LogP contribution in [0.3, 0.4) is 0 Å². The highest BCUT2D eigenvalue weighted by Crippen LogP contribution is 2.17. The van der Waals surface area contributed by atoms with Crippen molar-refractivity contribution in [3.8, 4) is 0 Å². The van der Waals surface area contributed by atoms with Gasteiger partial charge < -0.3 is 21.1 Å². The molecular weight excluding hydrogens is 282 g/mol. The molecule has 1 rings (SSSR count). The predicted molar refractivity (Wildman–Crippen MR) is 76.4 cm³/mol. The number of nitrogens with two attached hydrogens (primary N) is 1. The third-order valence-electron chi connectivity index (χ3n) is 3.28. The normalized spacial score (nSPS) is 19.7. The second-order valence-corrected chi connectivity index (χ2v) is 5.62. The number of carboxylic acid groups (broad SMARTS) is 1. The minimum Gasteiger partial charge on any atom is -0.480 e. The molecule has 20 heavy (non-hydrogen) atoms. The van der Waals surface area contributed by atoms with Crippen molar-refractivity contribution in [3.05, 3.63) is 0 Å². The van der Waals surface area contributed by atoms with Crippen molar-refractivity contribution in [2.45, 2.75) is 31.3 Å². The summed E-state index contributed by atoms with van der Waals surface area (Å²) < 4.78 is 0. The number of hydrogen-bond donors (Lipinski definition) is 3. The first-order valence-corrected chi connectivity index (χ1v) is 7.92. The molecule has 2 atom stereocenters. The summed E-state index contributed by atoms with van der Waals surface area (Å²) in [5.41, 5.74) is 5.31. The molecule has 0 radical (unpaired) electrons. The average molecular weight is 303 g/mol. The monoisotopic (exact) mass is 303 g/mol. The highest BCUT2D eigenvalue weighted by Gasteiger charge is 2.35. The predicted octanol–water partition coefficient (Wildman–Crippen LogP) is -0.741. The number of carboxylic acids is 1. The average Bonchev–Trinajstić information content (AvgIpc) is 2.91. The van der Waals surface area contributed by atoms with Crippen LogP contribution in [0.2, 0.25) is 0 Å². The van der Waals surface area contributed by atoms with Gasteiger partial charge in [0.15, 0.2) is 0 Å². The number of aliphatic carboxylic acids is 1. The Balaban J connectivity index is 2.63. The number of nitrogens with zero attached hydrogens (tertiary/aromatic N) is 1. The fourth-order valence-corrected chi connectivity index (χ4v) is 2.69. The van der Waals surface area contributed by atoms with Crippen LogP contribution >= 0.6 is 11.8 Å². The largest absolute Gasteiger partial charge is 0.480 e. The molecule has 8 heteroatoms. The van der Waals surface area contributed by atoms with Crippen molar-refractivity contribution in [1.82, 2.24) is 10.2 Å². The van der Waals surface area contributed by atoms with Gasteiger partial charge in [-0.25, -0.2) is 4.79 Å². The standard InChI is InChI=1S/C12H21N3O4S/c1-20-6-4-8(12(18)19)14-11(17)9-3-2-5-15(9)10(16)7-13/h8-9H,2-7,13H2,1H3,(H,14,17)(H,18,19)/t8-,9+/m1/s1. The topological polar surface area (TPSA) is 113 Å². The van der Waals surface area contributed by atoms with Crippen LogP contribution in [0.5, 0.6) is 0 Å². The Morgan fingerprint density at radius 2 is 2.20 bits per heavy atom. The lowest BCUT2D eigenvalue weighted by atomic mass is 10.1. The molecule has 1 saturated heterocycles. The van der Waals surface area contributed by atoms with Gasteiger partial charge in [0, 0.05) is 6.54 Å². The lowest BCUT2D eigenvalue weighted by Gasteiger charge is -2.25. The fourth-order valence-electron chi connectivity index (χ4n) is 2.22. The summed E-state index contributed by atoms with van der Waals surface area (Å²) in [6.45, 7) is 0.356. The molecule has 0 aromatic rings. The smallest absolute Gasteiger partial charge is 0.326 e. The Bertz CT molecular complexity index is 378. The zero-order valence-electron chi connectivity index (χ0n) is 11.5. The van der Waals surface area contributed by atoms with Gasteiger partial charge in [0.1, 0.15) is 12.1 Å². The molecule has 0 unspecified atom stereocenters. The van der Waals surface area contributed by atoms with Gasteiger partial charge in [0.2, 0.25) is 11.8 Å². The minimum absolute atomic E-state index is 0.140. The van der Waals surface area contributed by atoms with Crippen LogP contribution in [0.15, 0.2) is 0 Å². The Morgan fingerprint density at radius 3 is 2.75 bits per heavy atom. The van der Waals surface area contributed by atoms with E-state index in [1.54, 1.807) is 0 Å². The minimum atomic E-state index is -1.05. The van der Waals surface area contributed by atoms with Gasteiger partial charge in [-0.1, -0.05) is 0 Å². The van der Waals surface area contributed by atoms with Gasteiger partial charge in [-0.15, -0.1) is 0 Å². The van der Waals surface area contributed by atoms with E-state index in [-0.39, 0.29) is 12.5 Å². The maximum Gasteiger partial charge on any atom is 0.326 e. The second-order valence-electron chi connectivity index (χ2n) is 4.63. The highest BCUT2D eigenvalue weighted by atomic mass is 32.2. The van der Waals surface area contributed by atoms with Crippen molar-refractivity contribution < 1.29 is 19.5 Å². The number of carbonyl (C=O) groups excluding carboxylic acids is 2. The van der Waals surface area contributed by atoms with Crippen molar-refractivity contribution >= 4 is 29.5 Å². The van der Waals surface area contributed by atoms with Gasteiger partial charge in [0.05, 0.1) is 6.54 Å². The van der Waals surface area contributed by atoms with E-state index in [9.17, 15) is 14.4 Å². The number of thioether (sulfide) groups is 1. The third kappa shape index (κ3) is 4.38. The molecule has 1 aliphatic heterocycles. The van der Waals surface area contributed by atoms with Crippen LogP contribution in [0.25, 0.3) is 0 Å².